The molecule has 0 aromatic heterocycles. The molecule has 0 bridgehead atoms. The minimum absolute atomic E-state index is 0.0357. The smallest absolute Gasteiger partial charge is 0.246 e. The first-order chi connectivity index (χ1) is 37.5. The van der Waals surface area contributed by atoms with Crippen LogP contribution in [-0.4, -0.2) is 174 Å². The van der Waals surface area contributed by atoms with Crippen LogP contribution in [0.5, 0.6) is 0 Å². The minimum Gasteiger partial charge on any atom is -0.391 e. The summed E-state index contributed by atoms with van der Waals surface area (Å²) in [5.41, 5.74) is 28.9. The number of hydrogen-bond acceptors (Lipinski definition) is 17. The van der Waals surface area contributed by atoms with E-state index in [1.165, 1.54) is 13.8 Å². The zero-order valence-corrected chi connectivity index (χ0v) is 45.9. The van der Waals surface area contributed by atoms with E-state index in [2.05, 4.69) is 53.2 Å². The number of amides is 10. The van der Waals surface area contributed by atoms with Gasteiger partial charge in [0.05, 0.1) is 18.2 Å². The van der Waals surface area contributed by atoms with Crippen LogP contribution in [0.3, 0.4) is 0 Å². The van der Waals surface area contributed by atoms with Gasteiger partial charge in [0, 0.05) is 18.9 Å². The van der Waals surface area contributed by atoms with Gasteiger partial charge in [0.15, 0.2) is 0 Å². The molecule has 3 unspecified atom stereocenters. The van der Waals surface area contributed by atoms with Crippen LogP contribution in [0.1, 0.15) is 104 Å². The molecular weight excluding hydrogens is 1030 g/mol. The Morgan fingerprint density at radius 1 is 0.646 bits per heavy atom. The molecule has 0 spiro atoms. The van der Waals surface area contributed by atoms with Gasteiger partial charge in [-0.25, -0.2) is 0 Å². The van der Waals surface area contributed by atoms with Crippen molar-refractivity contribution < 1.29 is 58.2 Å². The predicted octanol–water partition coefficient (Wildman–Crippen LogP) is -5.78. The van der Waals surface area contributed by atoms with E-state index in [9.17, 15) is 58.2 Å². The second-order valence-corrected chi connectivity index (χ2v) is 21.4. The lowest BCUT2D eigenvalue weighted by Crippen LogP contribution is -2.63. The van der Waals surface area contributed by atoms with Crippen LogP contribution < -0.4 is 81.8 Å². The van der Waals surface area contributed by atoms with Crippen molar-refractivity contribution in [2.75, 3.05) is 32.7 Å². The fourth-order valence-electron chi connectivity index (χ4n) is 9.86. The van der Waals surface area contributed by atoms with Crippen LogP contribution in [0.25, 0.3) is 0 Å². The maximum absolute atomic E-state index is 14.6. The van der Waals surface area contributed by atoms with Crippen molar-refractivity contribution in [1.29, 1.82) is 0 Å². The maximum atomic E-state index is 14.6. The number of rotatable bonds is 20. The highest BCUT2D eigenvalue weighted by atomic mass is 16.3. The Labute approximate surface area is 461 Å². The largest absolute Gasteiger partial charge is 0.391 e. The highest BCUT2D eigenvalue weighted by Gasteiger charge is 2.61. The number of carbonyl (C=O) groups is 10. The average Bonchev–Trinajstić information content (AvgIpc) is 4.15. The van der Waals surface area contributed by atoms with Crippen molar-refractivity contribution >= 4 is 59.1 Å². The zero-order chi connectivity index (χ0) is 58.6. The van der Waals surface area contributed by atoms with E-state index in [0.29, 0.717) is 18.4 Å². The van der Waals surface area contributed by atoms with Crippen molar-refractivity contribution in [3.8, 4) is 0 Å². The molecule has 1 heterocycles. The first-order valence-corrected chi connectivity index (χ1v) is 27.5. The number of nitrogens with two attached hydrogens (primary N) is 5. The molecule has 1 saturated heterocycles. The topological polar surface area (TPSA) is 462 Å². The second kappa shape index (κ2) is 31.4. The van der Waals surface area contributed by atoms with Crippen molar-refractivity contribution in [2.45, 2.75) is 177 Å². The fourth-order valence-corrected chi connectivity index (χ4v) is 9.86. The third-order valence-corrected chi connectivity index (χ3v) is 14.6. The molecule has 22 N–H and O–H groups in total. The Bertz CT molecular complexity index is 2250. The number of aliphatic hydroxyl groups is 2. The van der Waals surface area contributed by atoms with Crippen molar-refractivity contribution in [3.63, 3.8) is 0 Å². The van der Waals surface area contributed by atoms with Crippen molar-refractivity contribution in [2.24, 2.45) is 46.4 Å². The molecule has 27 nitrogen and oxygen atoms in total. The van der Waals surface area contributed by atoms with Crippen LogP contribution in [0.15, 0.2) is 30.3 Å². The Hall–Kier alpha value is -6.36. The second-order valence-electron chi connectivity index (χ2n) is 21.4. The van der Waals surface area contributed by atoms with Gasteiger partial charge in [-0.15, -0.1) is 0 Å². The van der Waals surface area contributed by atoms with Gasteiger partial charge in [-0.3, -0.25) is 47.9 Å². The number of carbonyl (C=O) groups excluding carboxylic acids is 10. The monoisotopic (exact) mass is 1110 g/mol. The molecule has 27 heteroatoms. The van der Waals surface area contributed by atoms with Gasteiger partial charge < -0.3 is 92.0 Å². The summed E-state index contributed by atoms with van der Waals surface area (Å²) >= 11 is 0. The summed E-state index contributed by atoms with van der Waals surface area (Å²) in [6.07, 6.45) is 0.244. The predicted molar refractivity (Wildman–Crippen MR) is 290 cm³/mol. The Kier molecular flexibility index (Phi) is 25.9. The molecule has 3 aliphatic rings. The molecule has 79 heavy (non-hydrogen) atoms. The number of hydrogen-bond donors (Lipinski definition) is 17. The fraction of sp³-hybridized carbons (Fsp3) is 0.692. The van der Waals surface area contributed by atoms with E-state index < -0.39 is 150 Å². The van der Waals surface area contributed by atoms with E-state index in [0.717, 1.165) is 19.3 Å². The lowest BCUT2D eigenvalue weighted by molar-refractivity contribution is -0.137. The van der Waals surface area contributed by atoms with Gasteiger partial charge in [-0.2, -0.15) is 0 Å². The standard InChI is InChI=1S/C52H87N15O12/c1-27(2)23-37-46(74)61-33(15-19-53)42(70)60-35(17-21-55)45(73)65-40(28(3)68)49(77)58-22-18-36(44(72)59-34(16-20-54)43(71)63-38(47(75)62-37)24-30-11-7-5-8-12-30)64-51(79)52(25-32(52)26-56)67-50(78)41(29(4)69)66-48(76)39(57)31-13-9-6-10-14-31/h5,7-8,11-12,27-29,31-41,68-69H,6,9-10,13-26,53-57H2,1-4H3,(H,58,77)(H,59,72)(H,60,70)(H,61,74)(H,62,75)(H,63,71)(H,64,79)(H,65,73)(H,66,76)(H,67,78)/t28?,29?,32-,33-,34-,35-,36-,37-,38+,39-,40-,41-,52?/m0/s1. The average molecular weight is 1110 g/mol. The normalized spacial score (nSPS) is 27.9. The van der Waals surface area contributed by atoms with Gasteiger partial charge in [-0.1, -0.05) is 63.4 Å². The number of benzene rings is 1. The van der Waals surface area contributed by atoms with E-state index >= 15 is 0 Å². The van der Waals surface area contributed by atoms with E-state index in [4.69, 9.17) is 28.7 Å². The Balaban J connectivity index is 1.74. The quantitative estimate of drug-likeness (QED) is 0.0578. The third kappa shape index (κ3) is 19.2. The third-order valence-electron chi connectivity index (χ3n) is 14.6. The Morgan fingerprint density at radius 3 is 1.66 bits per heavy atom. The molecule has 3 fully saturated rings. The zero-order valence-electron chi connectivity index (χ0n) is 45.9. The maximum Gasteiger partial charge on any atom is 0.246 e. The molecule has 1 aromatic carbocycles. The summed E-state index contributed by atoms with van der Waals surface area (Å²) in [5.74, 6) is -9.79. The lowest BCUT2D eigenvalue weighted by Gasteiger charge is -2.30. The van der Waals surface area contributed by atoms with E-state index in [1.807, 2.05) is 0 Å². The molecule has 1 aromatic rings. The van der Waals surface area contributed by atoms with Crippen molar-refractivity contribution in [1.82, 2.24) is 53.2 Å². The first-order valence-electron chi connectivity index (χ1n) is 27.5. The molecule has 442 valence electrons. The number of nitrogens with one attached hydrogen (secondary N) is 10. The molecular formula is C52H87N15O12. The highest BCUT2D eigenvalue weighted by Crippen LogP contribution is 2.43. The molecule has 1 aliphatic heterocycles. The van der Waals surface area contributed by atoms with Gasteiger partial charge in [0.1, 0.15) is 53.9 Å². The van der Waals surface area contributed by atoms with E-state index in [-0.39, 0.29) is 76.5 Å². The summed E-state index contributed by atoms with van der Waals surface area (Å²) in [6, 6.07) is -4.08. The molecule has 4 rings (SSSR count). The van der Waals surface area contributed by atoms with Crippen LogP contribution in [0.2, 0.25) is 0 Å². The van der Waals surface area contributed by atoms with Crippen LogP contribution in [0, 0.1) is 17.8 Å². The van der Waals surface area contributed by atoms with Crippen molar-refractivity contribution in [3.05, 3.63) is 35.9 Å². The molecule has 13 atom stereocenters. The Morgan fingerprint density at radius 2 is 1.15 bits per heavy atom. The summed E-state index contributed by atoms with van der Waals surface area (Å²) in [7, 11) is 0. The molecule has 2 aliphatic carbocycles. The first kappa shape index (κ1) is 65.2. The molecule has 10 amide bonds. The van der Waals surface area contributed by atoms with Crippen LogP contribution in [-0.2, 0) is 54.4 Å². The highest BCUT2D eigenvalue weighted by molar-refractivity contribution is 6.01. The SMILES string of the molecule is CC(C)C[C@@H]1NC(=O)[C@@H](Cc2ccccc2)NC(=O)[C@H](CCN)NC(=O)[C@@H](NC(=O)C2(NC(=O)[C@@H](NC(=O)[C@@H](N)C3CCCCC3)C(C)O)C[C@H]2CN)CCNC(=O)[C@H](C(C)O)NC(=O)[C@H](CCN)NC(=O)[C@H](CCN)NC1=O. The molecule has 2 saturated carbocycles. The summed E-state index contributed by atoms with van der Waals surface area (Å²) in [5, 5.41) is 47.5. The molecule has 0 radical (unpaired) electrons. The van der Waals surface area contributed by atoms with Gasteiger partial charge in [0.25, 0.3) is 0 Å². The van der Waals surface area contributed by atoms with Crippen LogP contribution in [0.4, 0.5) is 0 Å². The lowest BCUT2D eigenvalue weighted by atomic mass is 9.84. The summed E-state index contributed by atoms with van der Waals surface area (Å²) in [4.78, 5) is 141. The van der Waals surface area contributed by atoms with E-state index in [1.54, 1.807) is 44.2 Å². The summed E-state index contributed by atoms with van der Waals surface area (Å²) < 4.78 is 0. The summed E-state index contributed by atoms with van der Waals surface area (Å²) in [6.45, 7) is 5.12. The number of aliphatic hydroxyl groups excluding tert-OH is 2. The van der Waals surface area contributed by atoms with Gasteiger partial charge in [0.2, 0.25) is 59.1 Å². The van der Waals surface area contributed by atoms with Crippen LogP contribution >= 0.6 is 0 Å². The van der Waals surface area contributed by atoms with Gasteiger partial charge >= 0.3 is 0 Å². The minimum atomic E-state index is -1.78. The van der Waals surface area contributed by atoms with Gasteiger partial charge in [-0.05, 0) is 109 Å².